The number of hydrogen-bond donors (Lipinski definition) is 3. The molecule has 3 aromatic carbocycles. The van der Waals surface area contributed by atoms with Gasteiger partial charge in [-0.15, -0.1) is 10.2 Å². The largest absolute Gasteiger partial charge is 0.414 e. The standard InChI is InChI=1S/C34H38ClN5O7S/c1-21(2)17-28(30(41)34-39-38-33(47-34)25-10-6-5-7-11-25)37-31(42)23(4)36-32(43)29(20-46-19-24-9-8-12-26(35)18-24)40-48(44,45)27-15-13-22(3)14-16-27/h5-16,18,21,23,28-29,40H,17,19-20H2,1-4H3,(H,36,43)(H,37,42)/t23-,28-,29-/m0/s1. The SMILES string of the molecule is Cc1ccc(S(=O)(=O)N[C@@H](COCc2cccc(Cl)c2)C(=O)N[C@@H](C)C(=O)N[C@@H](CC(C)C)C(=O)c2nnc(-c3ccccc3)o2)cc1. The van der Waals surface area contributed by atoms with Crippen molar-refractivity contribution < 1.29 is 32.0 Å². The first kappa shape index (κ1) is 36.4. The summed E-state index contributed by atoms with van der Waals surface area (Å²) in [6.45, 7) is 6.70. The summed E-state index contributed by atoms with van der Waals surface area (Å²) in [6, 6.07) is 18.4. The molecule has 0 radical (unpaired) electrons. The topological polar surface area (TPSA) is 170 Å². The molecule has 0 bridgehead atoms. The Hall–Kier alpha value is -4.43. The van der Waals surface area contributed by atoms with Crippen LogP contribution >= 0.6 is 11.6 Å². The van der Waals surface area contributed by atoms with Crippen molar-refractivity contribution in [1.29, 1.82) is 0 Å². The first-order valence-electron chi connectivity index (χ1n) is 15.3. The Bertz CT molecular complexity index is 1810. The number of rotatable bonds is 16. The lowest BCUT2D eigenvalue weighted by atomic mass is 9.99. The van der Waals surface area contributed by atoms with Crippen LogP contribution in [0.1, 0.15) is 49.0 Å². The molecule has 0 saturated carbocycles. The minimum Gasteiger partial charge on any atom is -0.414 e. The molecule has 0 spiro atoms. The Morgan fingerprint density at radius 2 is 1.58 bits per heavy atom. The fourth-order valence-electron chi connectivity index (χ4n) is 4.61. The van der Waals surface area contributed by atoms with Crippen LogP contribution in [0.3, 0.4) is 0 Å². The molecule has 3 N–H and O–H groups in total. The van der Waals surface area contributed by atoms with Crippen molar-refractivity contribution in [2.75, 3.05) is 6.61 Å². The van der Waals surface area contributed by atoms with Gasteiger partial charge in [-0.1, -0.05) is 73.5 Å². The molecule has 1 aromatic heterocycles. The Morgan fingerprint density at radius 3 is 2.25 bits per heavy atom. The number of nitrogens with zero attached hydrogens (tertiary/aromatic N) is 2. The average Bonchev–Trinajstić information content (AvgIpc) is 3.54. The number of carbonyl (C=O) groups is 3. The van der Waals surface area contributed by atoms with Crippen molar-refractivity contribution in [1.82, 2.24) is 25.6 Å². The fourth-order valence-corrected chi connectivity index (χ4v) is 6.00. The van der Waals surface area contributed by atoms with E-state index >= 15 is 0 Å². The van der Waals surface area contributed by atoms with Crippen LogP contribution in [0.25, 0.3) is 11.5 Å². The van der Waals surface area contributed by atoms with Gasteiger partial charge in [-0.3, -0.25) is 14.4 Å². The summed E-state index contributed by atoms with van der Waals surface area (Å²) >= 11 is 6.05. The van der Waals surface area contributed by atoms with E-state index in [-0.39, 0.29) is 42.2 Å². The predicted octanol–water partition coefficient (Wildman–Crippen LogP) is 4.48. The first-order chi connectivity index (χ1) is 22.8. The molecule has 0 unspecified atom stereocenters. The van der Waals surface area contributed by atoms with Crippen LogP contribution in [0.5, 0.6) is 0 Å². The maximum absolute atomic E-state index is 13.5. The van der Waals surface area contributed by atoms with Crippen molar-refractivity contribution in [3.63, 3.8) is 0 Å². The Balaban J connectivity index is 1.46. The molecule has 48 heavy (non-hydrogen) atoms. The molecule has 4 aromatic rings. The zero-order chi connectivity index (χ0) is 34.8. The van der Waals surface area contributed by atoms with E-state index in [0.717, 1.165) is 5.56 Å². The lowest BCUT2D eigenvalue weighted by Crippen LogP contribution is -2.56. The van der Waals surface area contributed by atoms with Gasteiger partial charge in [0.25, 0.3) is 5.89 Å². The molecule has 4 rings (SSSR count). The number of aryl methyl sites for hydroxylation is 1. The Labute approximate surface area is 284 Å². The van der Waals surface area contributed by atoms with Crippen LogP contribution in [-0.4, -0.2) is 60.9 Å². The van der Waals surface area contributed by atoms with Gasteiger partial charge < -0.3 is 19.8 Å². The predicted molar refractivity (Wildman–Crippen MR) is 179 cm³/mol. The summed E-state index contributed by atoms with van der Waals surface area (Å²) < 4.78 is 40.1. The zero-order valence-electron chi connectivity index (χ0n) is 27.0. The second kappa shape index (κ2) is 16.6. The average molecular weight is 696 g/mol. The third-order valence-corrected chi connectivity index (χ3v) is 8.86. The molecule has 0 saturated heterocycles. The highest BCUT2D eigenvalue weighted by Crippen LogP contribution is 2.19. The number of amides is 2. The van der Waals surface area contributed by atoms with Crippen LogP contribution in [-0.2, 0) is 31.0 Å². The van der Waals surface area contributed by atoms with Crippen molar-refractivity contribution in [3.8, 4) is 11.5 Å². The maximum atomic E-state index is 13.5. The summed E-state index contributed by atoms with van der Waals surface area (Å²) in [5.41, 5.74) is 2.21. The number of aromatic nitrogens is 2. The van der Waals surface area contributed by atoms with Gasteiger partial charge in [-0.25, -0.2) is 8.42 Å². The molecule has 12 nitrogen and oxygen atoms in total. The van der Waals surface area contributed by atoms with Crippen molar-refractivity contribution in [2.45, 2.75) is 63.7 Å². The minimum absolute atomic E-state index is 0.00197. The molecule has 0 fully saturated rings. The fraction of sp³-hybridized carbons (Fsp3) is 0.324. The summed E-state index contributed by atoms with van der Waals surface area (Å²) in [6.07, 6.45) is 0.255. The normalized spacial score (nSPS) is 13.5. The van der Waals surface area contributed by atoms with E-state index in [2.05, 4.69) is 25.6 Å². The van der Waals surface area contributed by atoms with E-state index < -0.39 is 45.7 Å². The van der Waals surface area contributed by atoms with Gasteiger partial charge in [0, 0.05) is 10.6 Å². The van der Waals surface area contributed by atoms with Crippen LogP contribution in [0.15, 0.2) is 88.2 Å². The third-order valence-electron chi connectivity index (χ3n) is 7.14. The number of halogens is 1. The highest BCUT2D eigenvalue weighted by Gasteiger charge is 2.32. The van der Waals surface area contributed by atoms with E-state index in [9.17, 15) is 22.8 Å². The number of carbonyl (C=O) groups excluding carboxylic acids is 3. The molecule has 254 valence electrons. The van der Waals surface area contributed by atoms with Crippen molar-refractivity contribution in [2.24, 2.45) is 5.92 Å². The summed E-state index contributed by atoms with van der Waals surface area (Å²) in [5, 5.41) is 13.6. The number of ether oxygens (including phenoxy) is 1. The number of ketones is 1. The molecule has 0 aliphatic heterocycles. The first-order valence-corrected chi connectivity index (χ1v) is 17.1. The van der Waals surface area contributed by atoms with Crippen LogP contribution in [0, 0.1) is 12.8 Å². The van der Waals surface area contributed by atoms with Crippen molar-refractivity contribution >= 4 is 39.2 Å². The monoisotopic (exact) mass is 695 g/mol. The highest BCUT2D eigenvalue weighted by molar-refractivity contribution is 7.89. The molecular formula is C34H38ClN5O7S. The number of sulfonamides is 1. The summed E-state index contributed by atoms with van der Waals surface area (Å²) in [5.74, 6) is -2.17. The molecule has 0 aliphatic rings. The van der Waals surface area contributed by atoms with E-state index in [1.54, 1.807) is 60.7 Å². The van der Waals surface area contributed by atoms with Gasteiger partial charge in [0.15, 0.2) is 0 Å². The van der Waals surface area contributed by atoms with Gasteiger partial charge in [0.2, 0.25) is 33.5 Å². The Morgan fingerprint density at radius 1 is 0.875 bits per heavy atom. The number of hydrogen-bond acceptors (Lipinski definition) is 9. The second-order valence-electron chi connectivity index (χ2n) is 11.7. The van der Waals surface area contributed by atoms with Crippen LogP contribution in [0.2, 0.25) is 5.02 Å². The maximum Gasteiger partial charge on any atom is 0.286 e. The van der Waals surface area contributed by atoms with E-state index in [4.69, 9.17) is 20.8 Å². The minimum atomic E-state index is -4.15. The summed E-state index contributed by atoms with van der Waals surface area (Å²) in [7, 11) is -4.15. The molecular weight excluding hydrogens is 658 g/mol. The highest BCUT2D eigenvalue weighted by atomic mass is 35.5. The van der Waals surface area contributed by atoms with Crippen LogP contribution in [0.4, 0.5) is 0 Å². The quantitative estimate of drug-likeness (QED) is 0.143. The third kappa shape index (κ3) is 10.3. The number of nitrogens with one attached hydrogen (secondary N) is 3. The lowest BCUT2D eigenvalue weighted by molar-refractivity contribution is -0.130. The molecule has 3 atom stereocenters. The van der Waals surface area contributed by atoms with Crippen LogP contribution < -0.4 is 15.4 Å². The number of Topliss-reactive ketones (excluding diaryl/α,β-unsaturated/α-hetero) is 1. The van der Waals surface area contributed by atoms with E-state index in [1.165, 1.54) is 19.1 Å². The van der Waals surface area contributed by atoms with E-state index in [0.29, 0.717) is 16.1 Å². The molecule has 2 amide bonds. The molecule has 0 aliphatic carbocycles. The molecule has 1 heterocycles. The lowest BCUT2D eigenvalue weighted by Gasteiger charge is -2.23. The Kier molecular flexibility index (Phi) is 12.6. The van der Waals surface area contributed by atoms with Gasteiger partial charge in [-0.2, -0.15) is 4.72 Å². The zero-order valence-corrected chi connectivity index (χ0v) is 28.5. The van der Waals surface area contributed by atoms with E-state index in [1.807, 2.05) is 26.8 Å². The van der Waals surface area contributed by atoms with Gasteiger partial charge in [0.05, 0.1) is 24.2 Å². The van der Waals surface area contributed by atoms with Gasteiger partial charge in [-0.05, 0) is 68.1 Å². The van der Waals surface area contributed by atoms with Gasteiger partial charge in [0.1, 0.15) is 12.1 Å². The molecule has 14 heteroatoms. The summed E-state index contributed by atoms with van der Waals surface area (Å²) in [4.78, 5) is 40.1. The number of benzene rings is 3. The second-order valence-corrected chi connectivity index (χ2v) is 13.8. The van der Waals surface area contributed by atoms with Gasteiger partial charge >= 0.3 is 0 Å². The smallest absolute Gasteiger partial charge is 0.286 e. The van der Waals surface area contributed by atoms with Crippen molar-refractivity contribution in [3.05, 3.63) is 101 Å².